The molecule has 0 aliphatic carbocycles. The van der Waals surface area contributed by atoms with Crippen molar-refractivity contribution < 1.29 is 4.84 Å². The van der Waals surface area contributed by atoms with Crippen LogP contribution in [-0.4, -0.2) is 28.4 Å². The number of imidazole rings is 1. The number of fused-ring (bicyclic) bond motifs is 3. The van der Waals surface area contributed by atoms with Gasteiger partial charge in [0.15, 0.2) is 0 Å². The van der Waals surface area contributed by atoms with Crippen molar-refractivity contribution in [3.63, 3.8) is 0 Å². The number of oxime groups is 1. The van der Waals surface area contributed by atoms with Gasteiger partial charge in [-0.2, -0.15) is 0 Å². The first-order valence-corrected chi connectivity index (χ1v) is 10.8. The lowest BCUT2D eigenvalue weighted by Gasteiger charge is -2.30. The molecule has 8 heteroatoms. The SMILES string of the molecule is CCON=C(CC)c1ccc(Cl)c2nc3n(c12)CCCN3c1ccc(Cl)cc1Cl. The summed E-state index contributed by atoms with van der Waals surface area (Å²) in [6, 6.07) is 9.38. The van der Waals surface area contributed by atoms with Crippen LogP contribution >= 0.6 is 34.8 Å². The van der Waals surface area contributed by atoms with Gasteiger partial charge in [-0.1, -0.05) is 46.9 Å². The minimum Gasteiger partial charge on any atom is -0.396 e. The molecular weight excluding hydrogens is 431 g/mol. The Labute approximate surface area is 184 Å². The molecule has 0 bridgehead atoms. The van der Waals surface area contributed by atoms with E-state index in [0.29, 0.717) is 21.7 Å². The first kappa shape index (κ1) is 20.3. The van der Waals surface area contributed by atoms with E-state index in [1.807, 2.05) is 31.2 Å². The number of anilines is 2. The summed E-state index contributed by atoms with van der Waals surface area (Å²) in [5, 5.41) is 6.13. The zero-order valence-electron chi connectivity index (χ0n) is 16.3. The zero-order chi connectivity index (χ0) is 20.5. The number of benzene rings is 2. The molecule has 0 atom stereocenters. The molecule has 29 heavy (non-hydrogen) atoms. The third kappa shape index (κ3) is 3.67. The zero-order valence-corrected chi connectivity index (χ0v) is 18.5. The van der Waals surface area contributed by atoms with Crippen LogP contribution in [0.4, 0.5) is 11.6 Å². The Balaban J connectivity index is 1.93. The molecule has 4 rings (SSSR count). The van der Waals surface area contributed by atoms with Crippen molar-refractivity contribution >= 4 is 63.2 Å². The summed E-state index contributed by atoms with van der Waals surface area (Å²) in [6.45, 7) is 6.15. The van der Waals surface area contributed by atoms with Crippen molar-refractivity contribution in [3.05, 3.63) is 51.0 Å². The maximum atomic E-state index is 6.54. The van der Waals surface area contributed by atoms with Crippen LogP contribution in [0, 0.1) is 0 Å². The highest BCUT2D eigenvalue weighted by Gasteiger charge is 2.27. The van der Waals surface area contributed by atoms with Crippen LogP contribution in [0.1, 0.15) is 32.3 Å². The minimum absolute atomic E-state index is 0.521. The number of rotatable bonds is 5. The van der Waals surface area contributed by atoms with Gasteiger partial charge in [-0.05, 0) is 50.1 Å². The number of aryl methyl sites for hydroxylation is 1. The van der Waals surface area contributed by atoms with Crippen LogP contribution in [-0.2, 0) is 11.4 Å². The standard InChI is InChI=1S/C21H21Cl3N4O/c1-3-17(26-29-4-2)14-7-8-15(23)19-20(14)28-11-5-10-27(21(28)25-19)18-9-6-13(22)12-16(18)24/h6-9,12H,3-5,10-11H2,1-2H3. The largest absolute Gasteiger partial charge is 0.396 e. The first-order valence-electron chi connectivity index (χ1n) is 9.65. The van der Waals surface area contributed by atoms with Crippen LogP contribution < -0.4 is 4.90 Å². The Morgan fingerprint density at radius 1 is 1.10 bits per heavy atom. The average molecular weight is 452 g/mol. The van der Waals surface area contributed by atoms with Crippen molar-refractivity contribution in [2.75, 3.05) is 18.1 Å². The monoisotopic (exact) mass is 450 g/mol. The molecule has 1 aliphatic heterocycles. The highest BCUT2D eigenvalue weighted by molar-refractivity contribution is 6.37. The molecule has 2 aromatic carbocycles. The molecule has 1 aromatic heterocycles. The smallest absolute Gasteiger partial charge is 0.211 e. The maximum absolute atomic E-state index is 6.54. The van der Waals surface area contributed by atoms with Gasteiger partial charge < -0.3 is 14.3 Å². The van der Waals surface area contributed by atoms with Gasteiger partial charge in [-0.25, -0.2) is 4.98 Å². The highest BCUT2D eigenvalue weighted by atomic mass is 35.5. The molecule has 0 saturated carbocycles. The molecule has 2 heterocycles. The number of aromatic nitrogens is 2. The van der Waals surface area contributed by atoms with E-state index >= 15 is 0 Å². The van der Waals surface area contributed by atoms with Crippen LogP contribution in [0.2, 0.25) is 15.1 Å². The van der Waals surface area contributed by atoms with Crippen LogP contribution in [0.15, 0.2) is 35.5 Å². The summed E-state index contributed by atoms with van der Waals surface area (Å²) in [4.78, 5) is 12.4. The summed E-state index contributed by atoms with van der Waals surface area (Å²) in [5.41, 5.74) is 4.47. The Bertz CT molecular complexity index is 1090. The second kappa shape index (κ2) is 8.42. The van der Waals surface area contributed by atoms with Gasteiger partial charge in [-0.3, -0.25) is 0 Å². The molecule has 0 N–H and O–H groups in total. The Morgan fingerprint density at radius 3 is 2.66 bits per heavy atom. The van der Waals surface area contributed by atoms with E-state index in [2.05, 4.69) is 21.5 Å². The third-order valence-corrected chi connectivity index (χ3v) is 5.82. The molecule has 0 unspecified atom stereocenters. The van der Waals surface area contributed by atoms with Crippen molar-refractivity contribution in [2.45, 2.75) is 33.2 Å². The highest BCUT2D eigenvalue weighted by Crippen LogP contribution is 2.39. The molecule has 0 radical (unpaired) electrons. The van der Waals surface area contributed by atoms with E-state index in [1.165, 1.54) is 0 Å². The van der Waals surface area contributed by atoms with Crippen LogP contribution in [0.5, 0.6) is 0 Å². The number of nitrogens with zero attached hydrogens (tertiary/aromatic N) is 4. The molecule has 152 valence electrons. The van der Waals surface area contributed by atoms with Crippen molar-refractivity contribution in [1.82, 2.24) is 9.55 Å². The fourth-order valence-corrected chi connectivity index (χ4v) is 4.41. The lowest BCUT2D eigenvalue weighted by Crippen LogP contribution is -2.28. The van der Waals surface area contributed by atoms with Crippen LogP contribution in [0.3, 0.4) is 0 Å². The van der Waals surface area contributed by atoms with Crippen molar-refractivity contribution in [1.29, 1.82) is 0 Å². The van der Waals surface area contributed by atoms with E-state index in [1.54, 1.807) is 6.07 Å². The maximum Gasteiger partial charge on any atom is 0.211 e. The second-order valence-electron chi connectivity index (χ2n) is 6.77. The van der Waals surface area contributed by atoms with Crippen molar-refractivity contribution in [2.24, 2.45) is 5.16 Å². The minimum atomic E-state index is 0.521. The fraction of sp³-hybridized carbons (Fsp3) is 0.333. The summed E-state index contributed by atoms with van der Waals surface area (Å²) in [6.07, 6.45) is 1.69. The van der Waals surface area contributed by atoms with Crippen LogP contribution in [0.25, 0.3) is 11.0 Å². The van der Waals surface area contributed by atoms with E-state index in [-0.39, 0.29) is 0 Å². The molecular formula is C21H21Cl3N4O. The van der Waals surface area contributed by atoms with Crippen molar-refractivity contribution in [3.8, 4) is 0 Å². The van der Waals surface area contributed by atoms with E-state index in [0.717, 1.165) is 59.9 Å². The van der Waals surface area contributed by atoms with Gasteiger partial charge in [0.1, 0.15) is 12.1 Å². The molecule has 0 fully saturated rings. The summed E-state index contributed by atoms with van der Waals surface area (Å²) < 4.78 is 2.20. The molecule has 3 aromatic rings. The lowest BCUT2D eigenvalue weighted by molar-refractivity contribution is 0.158. The third-order valence-electron chi connectivity index (χ3n) is 4.98. The normalized spacial score (nSPS) is 14.4. The molecule has 1 aliphatic rings. The number of halogens is 3. The summed E-state index contributed by atoms with van der Waals surface area (Å²) in [5.74, 6) is 0.816. The van der Waals surface area contributed by atoms with Gasteiger partial charge in [0.2, 0.25) is 5.95 Å². The Kier molecular flexibility index (Phi) is 5.91. The average Bonchev–Trinajstić information content (AvgIpc) is 3.11. The van der Waals surface area contributed by atoms with Gasteiger partial charge in [0, 0.05) is 23.7 Å². The Hall–Kier alpha value is -1.95. The number of hydrogen-bond acceptors (Lipinski definition) is 4. The summed E-state index contributed by atoms with van der Waals surface area (Å²) >= 11 is 19.1. The quantitative estimate of drug-likeness (QED) is 0.320. The van der Waals surface area contributed by atoms with E-state index < -0.39 is 0 Å². The lowest BCUT2D eigenvalue weighted by atomic mass is 10.1. The van der Waals surface area contributed by atoms with E-state index in [9.17, 15) is 0 Å². The number of hydrogen-bond donors (Lipinski definition) is 0. The predicted octanol–water partition coefficient (Wildman–Crippen LogP) is 6.69. The topological polar surface area (TPSA) is 42.7 Å². The fourth-order valence-electron chi connectivity index (χ4n) is 3.71. The first-order chi connectivity index (χ1) is 14.0. The van der Waals surface area contributed by atoms with E-state index in [4.69, 9.17) is 44.6 Å². The molecule has 0 saturated heterocycles. The molecule has 0 spiro atoms. The summed E-state index contributed by atoms with van der Waals surface area (Å²) in [7, 11) is 0. The second-order valence-corrected chi connectivity index (χ2v) is 8.02. The molecule has 0 amide bonds. The van der Waals surface area contributed by atoms with Gasteiger partial charge in [0.25, 0.3) is 0 Å². The Morgan fingerprint density at radius 2 is 1.93 bits per heavy atom. The van der Waals surface area contributed by atoms with Gasteiger partial charge >= 0.3 is 0 Å². The molecule has 5 nitrogen and oxygen atoms in total. The predicted molar refractivity (Wildman–Crippen MR) is 121 cm³/mol. The van der Waals surface area contributed by atoms with Gasteiger partial charge in [0.05, 0.1) is 27.0 Å². The van der Waals surface area contributed by atoms with Gasteiger partial charge in [-0.15, -0.1) is 0 Å².